The van der Waals surface area contributed by atoms with E-state index in [-0.39, 0.29) is 23.9 Å². The predicted molar refractivity (Wildman–Crippen MR) is 104 cm³/mol. The van der Waals surface area contributed by atoms with Crippen LogP contribution in [0.4, 0.5) is 0 Å². The number of rotatable bonds is 6. The fourth-order valence-corrected chi connectivity index (χ4v) is 4.76. The van der Waals surface area contributed by atoms with Crippen LogP contribution in [0.3, 0.4) is 0 Å². The van der Waals surface area contributed by atoms with Crippen molar-refractivity contribution in [2.45, 2.75) is 70.9 Å². The lowest BCUT2D eigenvalue weighted by molar-refractivity contribution is -0.128. The molecular weight excluding hydrogens is 324 g/mol. The number of hydrogen-bond acceptors (Lipinski definition) is 2. The predicted octanol–water partition coefficient (Wildman–Crippen LogP) is 3.45. The highest BCUT2D eigenvalue weighted by atomic mass is 16.2. The molecular formula is C22H32N2O2. The Bertz CT molecular complexity index is 614. The van der Waals surface area contributed by atoms with Crippen molar-refractivity contribution in [1.82, 2.24) is 10.6 Å². The zero-order chi connectivity index (χ0) is 18.5. The van der Waals surface area contributed by atoms with Gasteiger partial charge in [-0.3, -0.25) is 9.59 Å². The molecule has 2 N–H and O–H groups in total. The topological polar surface area (TPSA) is 58.2 Å². The lowest BCUT2D eigenvalue weighted by atomic mass is 9.67. The number of amides is 2. The van der Waals surface area contributed by atoms with Crippen LogP contribution in [-0.2, 0) is 16.0 Å². The first-order valence-corrected chi connectivity index (χ1v) is 10.2. The summed E-state index contributed by atoms with van der Waals surface area (Å²) in [5.41, 5.74) is 1.28. The smallest absolute Gasteiger partial charge is 0.220 e. The van der Waals surface area contributed by atoms with Crippen molar-refractivity contribution in [2.24, 2.45) is 17.8 Å². The van der Waals surface area contributed by atoms with E-state index >= 15 is 0 Å². The molecule has 0 spiro atoms. The van der Waals surface area contributed by atoms with Gasteiger partial charge in [0, 0.05) is 24.9 Å². The van der Waals surface area contributed by atoms with E-state index in [4.69, 9.17) is 0 Å². The van der Waals surface area contributed by atoms with Gasteiger partial charge in [0.25, 0.3) is 0 Å². The van der Waals surface area contributed by atoms with E-state index in [0.717, 1.165) is 32.1 Å². The van der Waals surface area contributed by atoms with Crippen molar-refractivity contribution in [3.05, 3.63) is 35.9 Å². The van der Waals surface area contributed by atoms with E-state index in [1.54, 1.807) is 0 Å². The molecule has 1 aromatic rings. The second kappa shape index (κ2) is 8.70. The third-order valence-corrected chi connectivity index (χ3v) is 6.15. The van der Waals surface area contributed by atoms with Gasteiger partial charge < -0.3 is 10.6 Å². The molecule has 4 heteroatoms. The molecule has 26 heavy (non-hydrogen) atoms. The van der Waals surface area contributed by atoms with Gasteiger partial charge in [0.1, 0.15) is 0 Å². The van der Waals surface area contributed by atoms with Crippen molar-refractivity contribution in [3.8, 4) is 0 Å². The van der Waals surface area contributed by atoms with E-state index in [2.05, 4.69) is 36.6 Å². The van der Waals surface area contributed by atoms with Crippen LogP contribution < -0.4 is 10.6 Å². The lowest BCUT2D eigenvalue weighted by Crippen LogP contribution is -2.56. The molecule has 2 fully saturated rings. The first kappa shape index (κ1) is 18.9. The standard InChI is InChI=1S/C22H32N2O2/c1-15(2)19-14-22(26)24-20-13-17(11-12-18(19)20)23-21(25)10-6-9-16-7-4-3-5-8-16/h3-5,7-8,15,17-20H,6,9-14H2,1-2H3,(H,23,25)(H,24,26). The molecule has 4 unspecified atom stereocenters. The normalized spacial score (nSPS) is 28.3. The second-order valence-electron chi connectivity index (χ2n) is 8.37. The lowest BCUT2D eigenvalue weighted by Gasteiger charge is -2.45. The van der Waals surface area contributed by atoms with Crippen molar-refractivity contribution in [3.63, 3.8) is 0 Å². The average Bonchev–Trinajstić information content (AvgIpc) is 2.61. The first-order chi connectivity index (χ1) is 12.5. The van der Waals surface area contributed by atoms with Crippen LogP contribution in [-0.4, -0.2) is 23.9 Å². The SMILES string of the molecule is CC(C)C1CC(=O)NC2CC(NC(=O)CCCc3ccccc3)CCC21. The number of aryl methyl sites for hydroxylation is 1. The van der Waals surface area contributed by atoms with Gasteiger partial charge in [0.05, 0.1) is 0 Å². The van der Waals surface area contributed by atoms with Gasteiger partial charge in [-0.25, -0.2) is 0 Å². The Kier molecular flexibility index (Phi) is 6.33. The molecule has 0 aromatic heterocycles. The summed E-state index contributed by atoms with van der Waals surface area (Å²) in [5, 5.41) is 6.39. The minimum Gasteiger partial charge on any atom is -0.353 e. The number of carbonyl (C=O) groups is 2. The van der Waals surface area contributed by atoms with Gasteiger partial charge in [0.2, 0.25) is 11.8 Å². The Morgan fingerprint density at radius 2 is 2.00 bits per heavy atom. The number of piperidine rings is 1. The summed E-state index contributed by atoms with van der Waals surface area (Å²) in [6, 6.07) is 10.7. The molecule has 0 radical (unpaired) electrons. The van der Waals surface area contributed by atoms with E-state index < -0.39 is 0 Å². The molecule has 142 valence electrons. The first-order valence-electron chi connectivity index (χ1n) is 10.2. The molecule has 0 bridgehead atoms. The van der Waals surface area contributed by atoms with Gasteiger partial charge in [-0.2, -0.15) is 0 Å². The molecule has 4 nitrogen and oxygen atoms in total. The summed E-state index contributed by atoms with van der Waals surface area (Å²) in [6.07, 6.45) is 6.06. The molecule has 1 saturated carbocycles. The summed E-state index contributed by atoms with van der Waals surface area (Å²) in [6.45, 7) is 4.45. The average molecular weight is 357 g/mol. The minimum atomic E-state index is 0.145. The van der Waals surface area contributed by atoms with Crippen molar-refractivity contribution in [2.75, 3.05) is 0 Å². The van der Waals surface area contributed by atoms with Crippen LogP contribution in [0.5, 0.6) is 0 Å². The van der Waals surface area contributed by atoms with Gasteiger partial charge in [-0.15, -0.1) is 0 Å². The monoisotopic (exact) mass is 356 g/mol. The highest BCUT2D eigenvalue weighted by Crippen LogP contribution is 2.39. The number of hydrogen-bond donors (Lipinski definition) is 2. The second-order valence-corrected chi connectivity index (χ2v) is 8.37. The number of benzene rings is 1. The van der Waals surface area contributed by atoms with E-state index in [0.29, 0.717) is 30.6 Å². The van der Waals surface area contributed by atoms with Crippen LogP contribution in [0.2, 0.25) is 0 Å². The van der Waals surface area contributed by atoms with Crippen molar-refractivity contribution < 1.29 is 9.59 Å². The van der Waals surface area contributed by atoms with Crippen molar-refractivity contribution >= 4 is 11.8 Å². The number of nitrogens with one attached hydrogen (secondary N) is 2. The minimum absolute atomic E-state index is 0.145. The largest absolute Gasteiger partial charge is 0.353 e. The summed E-state index contributed by atoms with van der Waals surface area (Å²) in [5.74, 6) is 1.92. The highest BCUT2D eigenvalue weighted by Gasteiger charge is 2.41. The summed E-state index contributed by atoms with van der Waals surface area (Å²) in [7, 11) is 0. The fraction of sp³-hybridized carbons (Fsp3) is 0.636. The van der Waals surface area contributed by atoms with Crippen LogP contribution in [0.1, 0.15) is 57.9 Å². The maximum atomic E-state index is 12.3. The molecule has 4 atom stereocenters. The molecule has 2 aliphatic rings. The van der Waals surface area contributed by atoms with E-state index in [1.807, 2.05) is 18.2 Å². The Morgan fingerprint density at radius 1 is 1.23 bits per heavy atom. The van der Waals surface area contributed by atoms with Crippen LogP contribution >= 0.6 is 0 Å². The Morgan fingerprint density at radius 3 is 2.73 bits per heavy atom. The molecule has 1 aliphatic carbocycles. The van der Waals surface area contributed by atoms with Gasteiger partial charge in [0.15, 0.2) is 0 Å². The Balaban J connectivity index is 1.44. The van der Waals surface area contributed by atoms with Crippen LogP contribution in [0, 0.1) is 17.8 Å². The van der Waals surface area contributed by atoms with Gasteiger partial charge in [-0.1, -0.05) is 44.2 Å². The zero-order valence-corrected chi connectivity index (χ0v) is 16.0. The number of fused-ring (bicyclic) bond motifs is 1. The van der Waals surface area contributed by atoms with Crippen LogP contribution in [0.15, 0.2) is 30.3 Å². The van der Waals surface area contributed by atoms with Crippen molar-refractivity contribution in [1.29, 1.82) is 0 Å². The molecule has 1 aliphatic heterocycles. The molecule has 1 saturated heterocycles. The summed E-state index contributed by atoms with van der Waals surface area (Å²) < 4.78 is 0. The third-order valence-electron chi connectivity index (χ3n) is 6.15. The van der Waals surface area contributed by atoms with E-state index in [9.17, 15) is 9.59 Å². The maximum Gasteiger partial charge on any atom is 0.220 e. The van der Waals surface area contributed by atoms with E-state index in [1.165, 1.54) is 5.56 Å². The summed E-state index contributed by atoms with van der Waals surface area (Å²) >= 11 is 0. The quantitative estimate of drug-likeness (QED) is 0.820. The molecule has 2 amide bonds. The van der Waals surface area contributed by atoms with Gasteiger partial charge in [-0.05, 0) is 55.4 Å². The third kappa shape index (κ3) is 4.87. The zero-order valence-electron chi connectivity index (χ0n) is 16.0. The fourth-order valence-electron chi connectivity index (χ4n) is 4.76. The molecule has 1 heterocycles. The summed E-state index contributed by atoms with van der Waals surface area (Å²) in [4.78, 5) is 24.3. The molecule has 3 rings (SSSR count). The Hall–Kier alpha value is -1.84. The number of carbonyl (C=O) groups excluding carboxylic acids is 2. The van der Waals surface area contributed by atoms with Gasteiger partial charge >= 0.3 is 0 Å². The Labute approximate surface area is 157 Å². The molecule has 1 aromatic carbocycles. The highest BCUT2D eigenvalue weighted by molar-refractivity contribution is 5.78. The maximum absolute atomic E-state index is 12.3. The van der Waals surface area contributed by atoms with Crippen LogP contribution in [0.25, 0.3) is 0 Å².